The molecule has 13 nitrogen and oxygen atoms in total. The summed E-state index contributed by atoms with van der Waals surface area (Å²) in [5.74, 6) is -2.91. The molecule has 2 heterocycles. The standard InChI is InChI=1S/C20H22N8O5.Os/c1-28(9-11-8-23-17-15(24-11)16(21)26-20(22)27-17)12-4-2-10(3-5-12)18(31)25-13(19(32)33)6-7-14(29)30;/h2-5,8,13H,6-7,9H2,1H3,(H,25,31)(H,29,30)(H,32,33)(H4,21,22,23,26,27);/t13-;/m0./s1. The Bertz CT molecular complexity index is 1210. The van der Waals surface area contributed by atoms with Crippen LogP contribution in [-0.4, -0.2) is 61.1 Å². The Hall–Kier alpha value is -3.91. The molecule has 0 aliphatic rings. The van der Waals surface area contributed by atoms with Crippen LogP contribution in [0.2, 0.25) is 0 Å². The maximum atomic E-state index is 12.4. The van der Waals surface area contributed by atoms with Crippen molar-refractivity contribution in [1.29, 1.82) is 0 Å². The fraction of sp³-hybridized carbons (Fsp3) is 0.250. The number of amides is 1. The number of anilines is 3. The first-order valence-electron chi connectivity index (χ1n) is 9.75. The summed E-state index contributed by atoms with van der Waals surface area (Å²) in [5, 5.41) is 20.2. The number of nitrogens with one attached hydrogen (secondary N) is 1. The minimum Gasteiger partial charge on any atom is -0.481 e. The van der Waals surface area contributed by atoms with E-state index < -0.39 is 23.9 Å². The molecule has 0 spiro atoms. The third kappa shape index (κ3) is 6.55. The van der Waals surface area contributed by atoms with Crippen LogP contribution in [0.1, 0.15) is 28.9 Å². The number of carboxylic acid groups (broad SMARTS) is 2. The van der Waals surface area contributed by atoms with Gasteiger partial charge in [-0.05, 0) is 30.7 Å². The average Bonchev–Trinajstić information content (AvgIpc) is 2.76. The second-order valence-electron chi connectivity index (χ2n) is 7.20. The number of carboxylic acids is 2. The Kier molecular flexibility index (Phi) is 8.74. The number of carbonyl (C=O) groups is 3. The van der Waals surface area contributed by atoms with Crippen LogP contribution >= 0.6 is 0 Å². The van der Waals surface area contributed by atoms with Crippen LogP contribution in [0, 0.1) is 0 Å². The summed E-state index contributed by atoms with van der Waals surface area (Å²) < 4.78 is 0. The topological polar surface area (TPSA) is 211 Å². The summed E-state index contributed by atoms with van der Waals surface area (Å²) >= 11 is 0. The van der Waals surface area contributed by atoms with Gasteiger partial charge in [0.2, 0.25) is 5.95 Å². The molecule has 0 aliphatic carbocycles. The molecule has 1 aromatic carbocycles. The van der Waals surface area contributed by atoms with Gasteiger partial charge in [-0.2, -0.15) is 9.97 Å². The maximum absolute atomic E-state index is 12.4. The van der Waals surface area contributed by atoms with Crippen molar-refractivity contribution in [3.05, 3.63) is 41.7 Å². The van der Waals surface area contributed by atoms with Gasteiger partial charge < -0.3 is 31.9 Å². The molecule has 0 fully saturated rings. The number of aliphatic carboxylic acids is 2. The number of carbonyl (C=O) groups excluding carboxylic acids is 1. The van der Waals surface area contributed by atoms with Gasteiger partial charge in [-0.15, -0.1) is 0 Å². The fourth-order valence-corrected chi connectivity index (χ4v) is 3.03. The molecule has 14 heteroatoms. The third-order valence-corrected chi connectivity index (χ3v) is 4.72. The SMILES string of the molecule is CN(Cc1cnc2nc(N)nc(N)c2n1)c1ccc(C(=O)N[C@@H](CCC(=O)O)C(=O)O)cc1.[Os]. The normalized spacial score (nSPS) is 11.3. The number of nitrogens with two attached hydrogens (primary N) is 2. The molecule has 0 aliphatic heterocycles. The molecule has 0 unspecified atom stereocenters. The van der Waals surface area contributed by atoms with Gasteiger partial charge >= 0.3 is 11.9 Å². The quantitative estimate of drug-likeness (QED) is 0.213. The van der Waals surface area contributed by atoms with Gasteiger partial charge in [-0.3, -0.25) is 9.59 Å². The van der Waals surface area contributed by atoms with E-state index in [2.05, 4.69) is 25.3 Å². The van der Waals surface area contributed by atoms with Gasteiger partial charge in [0.25, 0.3) is 5.91 Å². The van der Waals surface area contributed by atoms with Gasteiger partial charge in [-0.25, -0.2) is 14.8 Å². The Morgan fingerprint density at radius 2 is 1.76 bits per heavy atom. The minimum atomic E-state index is -1.30. The van der Waals surface area contributed by atoms with Crippen molar-refractivity contribution in [3.8, 4) is 0 Å². The number of aromatic nitrogens is 4. The maximum Gasteiger partial charge on any atom is 0.326 e. The first-order valence-corrected chi connectivity index (χ1v) is 9.75. The smallest absolute Gasteiger partial charge is 0.326 e. The Morgan fingerprint density at radius 1 is 1.09 bits per heavy atom. The van der Waals surface area contributed by atoms with E-state index in [1.807, 2.05) is 11.9 Å². The summed E-state index contributed by atoms with van der Waals surface area (Å²) in [6.07, 6.45) is 0.964. The number of fused-ring (bicyclic) bond motifs is 1. The minimum absolute atomic E-state index is 0. The molecule has 3 aromatic rings. The van der Waals surface area contributed by atoms with E-state index in [-0.39, 0.29) is 50.0 Å². The van der Waals surface area contributed by atoms with Gasteiger partial charge in [0, 0.05) is 44.5 Å². The van der Waals surface area contributed by atoms with Crippen LogP contribution in [0.3, 0.4) is 0 Å². The summed E-state index contributed by atoms with van der Waals surface area (Å²) in [7, 11) is 1.82. The van der Waals surface area contributed by atoms with Crippen molar-refractivity contribution >= 4 is 46.5 Å². The van der Waals surface area contributed by atoms with Crippen molar-refractivity contribution in [2.24, 2.45) is 0 Å². The van der Waals surface area contributed by atoms with Crippen molar-refractivity contribution in [1.82, 2.24) is 25.3 Å². The molecule has 7 N–H and O–H groups in total. The molecule has 0 radical (unpaired) electrons. The van der Waals surface area contributed by atoms with Crippen molar-refractivity contribution in [3.63, 3.8) is 0 Å². The summed E-state index contributed by atoms with van der Waals surface area (Å²) in [6, 6.07) is 5.16. The number of rotatable bonds is 9. The van der Waals surface area contributed by atoms with E-state index in [1.54, 1.807) is 18.3 Å². The number of hydrogen-bond donors (Lipinski definition) is 5. The van der Waals surface area contributed by atoms with Crippen LogP contribution in [0.4, 0.5) is 17.5 Å². The molecule has 180 valence electrons. The number of nitrogen functional groups attached to an aromatic ring is 2. The van der Waals surface area contributed by atoms with Gasteiger partial charge in [0.1, 0.15) is 6.04 Å². The zero-order chi connectivity index (χ0) is 24.1. The van der Waals surface area contributed by atoms with Gasteiger partial charge in [0.05, 0.1) is 18.4 Å². The van der Waals surface area contributed by atoms with E-state index in [0.717, 1.165) is 5.69 Å². The summed E-state index contributed by atoms with van der Waals surface area (Å²) in [6.45, 7) is 0.370. The number of hydrogen-bond acceptors (Lipinski definition) is 10. The van der Waals surface area contributed by atoms with E-state index in [0.29, 0.717) is 23.4 Å². The van der Waals surface area contributed by atoms with E-state index in [4.69, 9.17) is 16.6 Å². The first-order chi connectivity index (χ1) is 15.6. The number of benzene rings is 1. The van der Waals surface area contributed by atoms with Crippen LogP contribution in [0.15, 0.2) is 30.5 Å². The third-order valence-electron chi connectivity index (χ3n) is 4.72. The Balaban J connectivity index is 0.00000408. The van der Waals surface area contributed by atoms with E-state index in [1.165, 1.54) is 12.1 Å². The first kappa shape index (κ1) is 26.3. The van der Waals surface area contributed by atoms with E-state index in [9.17, 15) is 19.5 Å². The summed E-state index contributed by atoms with van der Waals surface area (Å²) in [4.78, 5) is 52.7. The fourth-order valence-electron chi connectivity index (χ4n) is 3.03. The largest absolute Gasteiger partial charge is 0.481 e. The molecule has 0 saturated carbocycles. The second kappa shape index (κ2) is 11.3. The predicted molar refractivity (Wildman–Crippen MR) is 118 cm³/mol. The molecule has 2 aromatic heterocycles. The van der Waals surface area contributed by atoms with Crippen molar-refractivity contribution < 1.29 is 44.4 Å². The monoisotopic (exact) mass is 646 g/mol. The molecule has 3 rings (SSSR count). The molecule has 1 amide bonds. The Labute approximate surface area is 206 Å². The van der Waals surface area contributed by atoms with E-state index >= 15 is 0 Å². The molecular weight excluding hydrogens is 623 g/mol. The molecule has 0 saturated heterocycles. The summed E-state index contributed by atoms with van der Waals surface area (Å²) in [5.41, 5.74) is 13.7. The predicted octanol–water partition coefficient (Wildman–Crippen LogP) is 0.266. The van der Waals surface area contributed by atoms with Crippen LogP contribution in [-0.2, 0) is 35.9 Å². The van der Waals surface area contributed by atoms with Crippen LogP contribution in [0.25, 0.3) is 11.2 Å². The zero-order valence-electron chi connectivity index (χ0n) is 17.9. The van der Waals surface area contributed by atoms with Crippen molar-refractivity contribution in [2.45, 2.75) is 25.4 Å². The molecule has 1 atom stereocenters. The van der Waals surface area contributed by atoms with Gasteiger partial charge in [-0.1, -0.05) is 0 Å². The molecule has 34 heavy (non-hydrogen) atoms. The van der Waals surface area contributed by atoms with Gasteiger partial charge in [0.15, 0.2) is 17.0 Å². The molecular formula is C20H22N8O5Os. The average molecular weight is 645 g/mol. The zero-order valence-corrected chi connectivity index (χ0v) is 20.5. The number of nitrogens with zero attached hydrogens (tertiary/aromatic N) is 5. The van der Waals surface area contributed by atoms with Crippen LogP contribution < -0.4 is 21.7 Å². The Morgan fingerprint density at radius 3 is 2.38 bits per heavy atom. The second-order valence-corrected chi connectivity index (χ2v) is 7.20. The van der Waals surface area contributed by atoms with Crippen LogP contribution in [0.5, 0.6) is 0 Å². The molecule has 0 bridgehead atoms. The van der Waals surface area contributed by atoms with Crippen molar-refractivity contribution in [2.75, 3.05) is 23.4 Å².